The fraction of sp³-hybridized carbons (Fsp3) is 0.308. The third kappa shape index (κ3) is 2.29. The van der Waals surface area contributed by atoms with Crippen molar-refractivity contribution >= 4 is 5.78 Å². The summed E-state index contributed by atoms with van der Waals surface area (Å²) in [4.78, 5) is 12.3. The molecule has 0 saturated heterocycles. The van der Waals surface area contributed by atoms with Crippen molar-refractivity contribution in [2.75, 3.05) is 13.2 Å². The van der Waals surface area contributed by atoms with E-state index < -0.39 is 0 Å². The Morgan fingerprint density at radius 3 is 3.00 bits per heavy atom. The van der Waals surface area contributed by atoms with Gasteiger partial charge in [0, 0.05) is 13.2 Å². The number of aromatic nitrogens is 3. The number of carbonyl (C=O) groups is 1. The monoisotopic (exact) mass is 259 g/mol. The molecule has 0 unspecified atom stereocenters. The van der Waals surface area contributed by atoms with E-state index in [-0.39, 0.29) is 12.2 Å². The van der Waals surface area contributed by atoms with Gasteiger partial charge in [-0.1, -0.05) is 11.3 Å². The first-order valence-corrected chi connectivity index (χ1v) is 6.01. The highest BCUT2D eigenvalue weighted by atomic mass is 16.6. The molecule has 2 aromatic rings. The molecule has 0 spiro atoms. The Balaban J connectivity index is 1.87. The van der Waals surface area contributed by atoms with Crippen LogP contribution in [0, 0.1) is 0 Å². The minimum absolute atomic E-state index is 0.0529. The summed E-state index contributed by atoms with van der Waals surface area (Å²) in [5.41, 5.74) is 1.17. The Kier molecular flexibility index (Phi) is 2.91. The number of rotatable bonds is 3. The lowest BCUT2D eigenvalue weighted by molar-refractivity contribution is 0.0980. The van der Waals surface area contributed by atoms with E-state index in [1.165, 1.54) is 0 Å². The molecule has 0 radical (unpaired) electrons. The molecule has 0 bridgehead atoms. The summed E-state index contributed by atoms with van der Waals surface area (Å²) in [5, 5.41) is 7.72. The van der Waals surface area contributed by atoms with Gasteiger partial charge in [0.15, 0.2) is 17.3 Å². The highest BCUT2D eigenvalue weighted by Gasteiger charge is 2.20. The normalized spacial score (nSPS) is 13.3. The number of ether oxygens (including phenoxy) is 2. The molecule has 0 fully saturated rings. The van der Waals surface area contributed by atoms with Crippen molar-refractivity contribution in [3.05, 3.63) is 35.7 Å². The third-order valence-corrected chi connectivity index (χ3v) is 2.86. The van der Waals surface area contributed by atoms with E-state index in [0.29, 0.717) is 36.0 Å². The zero-order valence-electron chi connectivity index (χ0n) is 10.5. The van der Waals surface area contributed by atoms with Crippen molar-refractivity contribution in [2.24, 2.45) is 7.05 Å². The fourth-order valence-corrected chi connectivity index (χ4v) is 2.03. The first kappa shape index (κ1) is 11.7. The number of hydrogen-bond donors (Lipinski definition) is 0. The van der Waals surface area contributed by atoms with Crippen molar-refractivity contribution in [1.82, 2.24) is 15.0 Å². The molecule has 0 saturated carbocycles. The molecule has 1 aromatic carbocycles. The van der Waals surface area contributed by atoms with Gasteiger partial charge in [-0.3, -0.25) is 9.48 Å². The zero-order chi connectivity index (χ0) is 13.2. The van der Waals surface area contributed by atoms with E-state index >= 15 is 0 Å². The average molecular weight is 259 g/mol. The van der Waals surface area contributed by atoms with Crippen LogP contribution in [0.15, 0.2) is 24.4 Å². The maximum Gasteiger partial charge on any atom is 0.172 e. The van der Waals surface area contributed by atoms with Crippen LogP contribution in [0.3, 0.4) is 0 Å². The predicted octanol–water partition coefficient (Wildman–Crippen LogP) is 1.01. The molecular weight excluding hydrogens is 246 g/mol. The number of fused-ring (bicyclic) bond motifs is 1. The number of aryl methyl sites for hydroxylation is 1. The van der Waals surface area contributed by atoms with Crippen molar-refractivity contribution in [3.63, 3.8) is 0 Å². The fourth-order valence-electron chi connectivity index (χ4n) is 2.03. The molecule has 1 aliphatic rings. The Hall–Kier alpha value is -2.37. The van der Waals surface area contributed by atoms with Crippen molar-refractivity contribution in [2.45, 2.75) is 6.42 Å². The zero-order valence-corrected chi connectivity index (χ0v) is 10.5. The van der Waals surface area contributed by atoms with Crippen LogP contribution in [0.2, 0.25) is 0 Å². The first-order valence-electron chi connectivity index (χ1n) is 6.01. The minimum Gasteiger partial charge on any atom is -0.486 e. The van der Waals surface area contributed by atoms with E-state index in [0.717, 1.165) is 0 Å². The number of benzene rings is 1. The Labute approximate surface area is 109 Å². The predicted molar refractivity (Wildman–Crippen MR) is 66.5 cm³/mol. The number of para-hydroxylation sites is 1. The Morgan fingerprint density at radius 1 is 1.37 bits per heavy atom. The van der Waals surface area contributed by atoms with Crippen molar-refractivity contribution in [3.8, 4) is 11.5 Å². The third-order valence-electron chi connectivity index (χ3n) is 2.86. The summed E-state index contributed by atoms with van der Waals surface area (Å²) in [7, 11) is 1.77. The molecule has 0 aliphatic carbocycles. The molecule has 2 heterocycles. The van der Waals surface area contributed by atoms with E-state index in [2.05, 4.69) is 10.3 Å². The van der Waals surface area contributed by atoms with Gasteiger partial charge in [-0.25, -0.2) is 0 Å². The summed E-state index contributed by atoms with van der Waals surface area (Å²) >= 11 is 0. The molecule has 1 aliphatic heterocycles. The molecule has 98 valence electrons. The second-order valence-electron chi connectivity index (χ2n) is 4.31. The van der Waals surface area contributed by atoms with E-state index in [4.69, 9.17) is 9.47 Å². The van der Waals surface area contributed by atoms with Crippen LogP contribution in [0.25, 0.3) is 0 Å². The van der Waals surface area contributed by atoms with Crippen LogP contribution in [0.1, 0.15) is 16.1 Å². The van der Waals surface area contributed by atoms with Gasteiger partial charge in [0.1, 0.15) is 13.2 Å². The molecule has 0 atom stereocenters. The standard InChI is InChI=1S/C13H13N3O3/c1-16-8-9(14-15-16)7-11(17)10-3-2-4-12-13(10)19-6-5-18-12/h2-4,8H,5-7H2,1H3. The summed E-state index contributed by atoms with van der Waals surface area (Å²) in [6.45, 7) is 0.969. The van der Waals surface area contributed by atoms with Gasteiger partial charge in [-0.05, 0) is 12.1 Å². The van der Waals surface area contributed by atoms with Crippen LogP contribution in [0.4, 0.5) is 0 Å². The first-order chi connectivity index (χ1) is 9.24. The van der Waals surface area contributed by atoms with Gasteiger partial charge in [0.05, 0.1) is 17.7 Å². The van der Waals surface area contributed by atoms with Crippen molar-refractivity contribution < 1.29 is 14.3 Å². The van der Waals surface area contributed by atoms with Gasteiger partial charge in [-0.15, -0.1) is 5.10 Å². The summed E-state index contributed by atoms with van der Waals surface area (Å²) < 4.78 is 12.6. The number of hydrogen-bond acceptors (Lipinski definition) is 5. The quantitative estimate of drug-likeness (QED) is 0.770. The van der Waals surface area contributed by atoms with Gasteiger partial charge in [0.25, 0.3) is 0 Å². The molecule has 0 amide bonds. The van der Waals surface area contributed by atoms with Crippen LogP contribution in [0.5, 0.6) is 11.5 Å². The number of Topliss-reactive ketones (excluding diaryl/α,β-unsaturated/α-hetero) is 1. The van der Waals surface area contributed by atoms with E-state index in [1.807, 2.05) is 0 Å². The largest absolute Gasteiger partial charge is 0.486 e. The lowest BCUT2D eigenvalue weighted by atomic mass is 10.0. The van der Waals surface area contributed by atoms with Gasteiger partial charge in [-0.2, -0.15) is 0 Å². The van der Waals surface area contributed by atoms with Crippen LogP contribution in [-0.2, 0) is 13.5 Å². The summed E-state index contributed by atoms with van der Waals surface area (Å²) in [6, 6.07) is 5.33. The Morgan fingerprint density at radius 2 is 2.21 bits per heavy atom. The van der Waals surface area contributed by atoms with E-state index in [1.54, 1.807) is 36.1 Å². The second kappa shape index (κ2) is 4.72. The molecule has 19 heavy (non-hydrogen) atoms. The maximum atomic E-state index is 12.3. The van der Waals surface area contributed by atoms with Gasteiger partial charge < -0.3 is 9.47 Å². The molecule has 6 heteroatoms. The molecular formula is C13H13N3O3. The average Bonchev–Trinajstić information content (AvgIpc) is 2.83. The number of ketones is 1. The topological polar surface area (TPSA) is 66.2 Å². The molecule has 1 aromatic heterocycles. The molecule has 0 N–H and O–H groups in total. The minimum atomic E-state index is -0.0529. The molecule has 6 nitrogen and oxygen atoms in total. The summed E-state index contributed by atoms with van der Waals surface area (Å²) in [6.07, 6.45) is 1.93. The van der Waals surface area contributed by atoms with E-state index in [9.17, 15) is 4.79 Å². The number of carbonyl (C=O) groups excluding carboxylic acids is 1. The van der Waals surface area contributed by atoms with Crippen LogP contribution >= 0.6 is 0 Å². The molecule has 3 rings (SSSR count). The van der Waals surface area contributed by atoms with Crippen LogP contribution in [-0.4, -0.2) is 34.0 Å². The number of nitrogens with zero attached hydrogens (tertiary/aromatic N) is 3. The highest BCUT2D eigenvalue weighted by Crippen LogP contribution is 2.34. The van der Waals surface area contributed by atoms with Crippen molar-refractivity contribution in [1.29, 1.82) is 0 Å². The summed E-state index contributed by atoms with van der Waals surface area (Å²) in [5.74, 6) is 1.10. The smallest absolute Gasteiger partial charge is 0.172 e. The Bertz CT molecular complexity index is 621. The second-order valence-corrected chi connectivity index (χ2v) is 4.31. The van der Waals surface area contributed by atoms with Gasteiger partial charge >= 0.3 is 0 Å². The van der Waals surface area contributed by atoms with Crippen LogP contribution < -0.4 is 9.47 Å². The highest BCUT2D eigenvalue weighted by molar-refractivity contribution is 6.00. The lowest BCUT2D eigenvalue weighted by Crippen LogP contribution is -2.18. The lowest BCUT2D eigenvalue weighted by Gasteiger charge is -2.20. The van der Waals surface area contributed by atoms with Gasteiger partial charge in [0.2, 0.25) is 0 Å². The SMILES string of the molecule is Cn1cc(CC(=O)c2cccc3c2OCCO3)nn1. The maximum absolute atomic E-state index is 12.3.